The van der Waals surface area contributed by atoms with E-state index < -0.39 is 0 Å². The molecule has 1 N–H and O–H groups in total. The smallest absolute Gasteiger partial charge is 0.0637 e. The van der Waals surface area contributed by atoms with E-state index in [2.05, 4.69) is 44.0 Å². The summed E-state index contributed by atoms with van der Waals surface area (Å²) in [6.07, 6.45) is 0. The highest BCUT2D eigenvalue weighted by Crippen LogP contribution is 2.25. The van der Waals surface area contributed by atoms with Gasteiger partial charge >= 0.3 is 0 Å². The molecule has 1 rings (SSSR count). The molecular formula is C16H27ClN2O. The van der Waals surface area contributed by atoms with Gasteiger partial charge in [-0.1, -0.05) is 17.7 Å². The van der Waals surface area contributed by atoms with Gasteiger partial charge in [-0.05, 0) is 45.4 Å². The molecule has 1 aromatic rings. The SMILES string of the molecule is CCN(CCOC)c1cc(Cl)ccc1CNC(C)(C)C. The normalized spacial score (nSPS) is 11.7. The van der Waals surface area contributed by atoms with Gasteiger partial charge in [0.1, 0.15) is 0 Å². The van der Waals surface area contributed by atoms with E-state index in [1.165, 1.54) is 11.3 Å². The third kappa shape index (κ3) is 5.70. The summed E-state index contributed by atoms with van der Waals surface area (Å²) < 4.78 is 5.19. The lowest BCUT2D eigenvalue weighted by atomic mass is 10.1. The van der Waals surface area contributed by atoms with Crippen LogP contribution in [0.2, 0.25) is 5.02 Å². The summed E-state index contributed by atoms with van der Waals surface area (Å²) >= 11 is 6.16. The van der Waals surface area contributed by atoms with Crippen LogP contribution in [0.4, 0.5) is 5.69 Å². The number of ether oxygens (including phenoxy) is 1. The summed E-state index contributed by atoms with van der Waals surface area (Å²) in [5.74, 6) is 0. The summed E-state index contributed by atoms with van der Waals surface area (Å²) in [7, 11) is 1.73. The van der Waals surface area contributed by atoms with Crippen molar-refractivity contribution in [2.24, 2.45) is 0 Å². The van der Waals surface area contributed by atoms with Crippen molar-refractivity contribution in [3.8, 4) is 0 Å². The first-order valence-electron chi connectivity index (χ1n) is 7.14. The Morgan fingerprint density at radius 1 is 1.30 bits per heavy atom. The van der Waals surface area contributed by atoms with Gasteiger partial charge < -0.3 is 15.0 Å². The van der Waals surface area contributed by atoms with E-state index in [1.807, 2.05) is 12.1 Å². The second-order valence-corrected chi connectivity index (χ2v) is 6.39. The van der Waals surface area contributed by atoms with Crippen LogP contribution in [0.3, 0.4) is 0 Å². The molecule has 0 fully saturated rings. The van der Waals surface area contributed by atoms with Crippen LogP contribution in [0, 0.1) is 0 Å². The van der Waals surface area contributed by atoms with Crippen molar-refractivity contribution in [1.29, 1.82) is 0 Å². The van der Waals surface area contributed by atoms with Gasteiger partial charge in [0.05, 0.1) is 6.61 Å². The largest absolute Gasteiger partial charge is 0.383 e. The van der Waals surface area contributed by atoms with Crippen molar-refractivity contribution >= 4 is 17.3 Å². The van der Waals surface area contributed by atoms with Gasteiger partial charge in [0.2, 0.25) is 0 Å². The van der Waals surface area contributed by atoms with Crippen LogP contribution < -0.4 is 10.2 Å². The molecule has 0 aliphatic heterocycles. The van der Waals surface area contributed by atoms with Crippen LogP contribution >= 0.6 is 11.6 Å². The maximum atomic E-state index is 6.16. The lowest BCUT2D eigenvalue weighted by molar-refractivity contribution is 0.205. The minimum Gasteiger partial charge on any atom is -0.383 e. The van der Waals surface area contributed by atoms with E-state index in [-0.39, 0.29) is 5.54 Å². The summed E-state index contributed by atoms with van der Waals surface area (Å²) in [6, 6.07) is 6.10. The first-order valence-corrected chi connectivity index (χ1v) is 7.52. The zero-order chi connectivity index (χ0) is 15.2. The topological polar surface area (TPSA) is 24.5 Å². The minimum absolute atomic E-state index is 0.0977. The molecule has 0 spiro atoms. The molecule has 0 unspecified atom stereocenters. The number of nitrogens with one attached hydrogen (secondary N) is 1. The van der Waals surface area contributed by atoms with Gasteiger partial charge in [0.25, 0.3) is 0 Å². The summed E-state index contributed by atoms with van der Waals surface area (Å²) in [6.45, 7) is 12.0. The maximum absolute atomic E-state index is 6.16. The third-order valence-corrected chi connectivity index (χ3v) is 3.38. The molecule has 4 heteroatoms. The first kappa shape index (κ1) is 17.3. The predicted molar refractivity (Wildman–Crippen MR) is 87.8 cm³/mol. The molecule has 114 valence electrons. The number of anilines is 1. The van der Waals surface area contributed by atoms with Crippen LogP contribution in [-0.4, -0.2) is 32.3 Å². The Kier molecular flexibility index (Phi) is 6.80. The number of hydrogen-bond donors (Lipinski definition) is 1. The second kappa shape index (κ2) is 7.87. The van der Waals surface area contributed by atoms with Crippen LogP contribution in [0.5, 0.6) is 0 Å². The van der Waals surface area contributed by atoms with E-state index >= 15 is 0 Å². The van der Waals surface area contributed by atoms with Gasteiger partial charge in [-0.15, -0.1) is 0 Å². The molecule has 20 heavy (non-hydrogen) atoms. The van der Waals surface area contributed by atoms with Crippen LogP contribution in [-0.2, 0) is 11.3 Å². The number of rotatable bonds is 7. The molecule has 0 aromatic heterocycles. The van der Waals surface area contributed by atoms with Gasteiger partial charge in [0, 0.05) is 43.0 Å². The van der Waals surface area contributed by atoms with Crippen molar-refractivity contribution in [2.45, 2.75) is 39.8 Å². The van der Waals surface area contributed by atoms with Crippen molar-refractivity contribution in [3.63, 3.8) is 0 Å². The minimum atomic E-state index is 0.0977. The molecule has 3 nitrogen and oxygen atoms in total. The van der Waals surface area contributed by atoms with Crippen molar-refractivity contribution in [2.75, 3.05) is 31.7 Å². The number of methoxy groups -OCH3 is 1. The molecule has 0 bridgehead atoms. The Balaban J connectivity index is 2.93. The highest BCUT2D eigenvalue weighted by molar-refractivity contribution is 6.30. The Bertz CT molecular complexity index is 415. The molecule has 0 heterocycles. The highest BCUT2D eigenvalue weighted by Gasteiger charge is 2.14. The van der Waals surface area contributed by atoms with Gasteiger partial charge in [-0.25, -0.2) is 0 Å². The van der Waals surface area contributed by atoms with Crippen molar-refractivity contribution < 1.29 is 4.74 Å². The molecule has 0 radical (unpaired) electrons. The average molecular weight is 299 g/mol. The summed E-state index contributed by atoms with van der Waals surface area (Å²) in [5.41, 5.74) is 2.55. The Labute approximate surface area is 128 Å². The van der Waals surface area contributed by atoms with E-state index in [1.54, 1.807) is 7.11 Å². The fourth-order valence-corrected chi connectivity index (χ4v) is 2.16. The number of benzene rings is 1. The predicted octanol–water partition coefficient (Wildman–Crippen LogP) is 3.70. The fourth-order valence-electron chi connectivity index (χ4n) is 1.99. The molecular weight excluding hydrogens is 272 g/mol. The lowest BCUT2D eigenvalue weighted by Crippen LogP contribution is -2.36. The molecule has 1 aromatic carbocycles. The van der Waals surface area contributed by atoms with Gasteiger partial charge in [-0.2, -0.15) is 0 Å². The zero-order valence-electron chi connectivity index (χ0n) is 13.3. The number of hydrogen-bond acceptors (Lipinski definition) is 3. The molecule has 0 amide bonds. The van der Waals surface area contributed by atoms with Crippen LogP contribution in [0.25, 0.3) is 0 Å². The number of likely N-dealkylation sites (N-methyl/N-ethyl adjacent to an activating group) is 1. The van der Waals surface area contributed by atoms with Crippen molar-refractivity contribution in [1.82, 2.24) is 5.32 Å². The average Bonchev–Trinajstić information content (AvgIpc) is 2.37. The van der Waals surface area contributed by atoms with E-state index in [4.69, 9.17) is 16.3 Å². The lowest BCUT2D eigenvalue weighted by Gasteiger charge is -2.27. The van der Waals surface area contributed by atoms with E-state index in [9.17, 15) is 0 Å². The summed E-state index contributed by atoms with van der Waals surface area (Å²) in [5, 5.41) is 4.31. The Hall–Kier alpha value is -0.770. The van der Waals surface area contributed by atoms with E-state index in [0.29, 0.717) is 6.61 Å². The Morgan fingerprint density at radius 3 is 2.55 bits per heavy atom. The monoisotopic (exact) mass is 298 g/mol. The number of nitrogens with zero attached hydrogens (tertiary/aromatic N) is 1. The van der Waals surface area contributed by atoms with Crippen LogP contribution in [0.15, 0.2) is 18.2 Å². The molecule has 0 atom stereocenters. The van der Waals surface area contributed by atoms with Crippen LogP contribution in [0.1, 0.15) is 33.3 Å². The maximum Gasteiger partial charge on any atom is 0.0637 e. The quantitative estimate of drug-likeness (QED) is 0.831. The molecule has 0 saturated carbocycles. The van der Waals surface area contributed by atoms with Gasteiger partial charge in [-0.3, -0.25) is 0 Å². The second-order valence-electron chi connectivity index (χ2n) is 5.95. The molecule has 0 aliphatic rings. The fraction of sp³-hybridized carbons (Fsp3) is 0.625. The molecule has 0 aliphatic carbocycles. The van der Waals surface area contributed by atoms with Gasteiger partial charge in [0.15, 0.2) is 0 Å². The highest BCUT2D eigenvalue weighted by atomic mass is 35.5. The standard InChI is InChI=1S/C16H27ClN2O/c1-6-19(9-10-20-5)15-11-14(17)8-7-13(15)12-18-16(2,3)4/h7-8,11,18H,6,9-10,12H2,1-5H3. The zero-order valence-corrected chi connectivity index (χ0v) is 14.0. The Morgan fingerprint density at radius 2 is 2.00 bits per heavy atom. The number of halogens is 1. The third-order valence-electron chi connectivity index (χ3n) is 3.14. The first-order chi connectivity index (χ1) is 9.37. The van der Waals surface area contributed by atoms with Crippen molar-refractivity contribution in [3.05, 3.63) is 28.8 Å². The van der Waals surface area contributed by atoms with E-state index in [0.717, 1.165) is 24.7 Å². The summed E-state index contributed by atoms with van der Waals surface area (Å²) in [4.78, 5) is 2.30. The molecule has 0 saturated heterocycles.